The molecule has 2 aromatic heterocycles. The quantitative estimate of drug-likeness (QED) is 0.861. The Morgan fingerprint density at radius 1 is 0.696 bits per heavy atom. The van der Waals surface area contributed by atoms with Gasteiger partial charge >= 0.3 is 0 Å². The molecule has 23 heavy (non-hydrogen) atoms. The van der Waals surface area contributed by atoms with Crippen molar-refractivity contribution in [1.82, 2.24) is 15.0 Å². The molecule has 0 N–H and O–H groups in total. The third-order valence-electron chi connectivity index (χ3n) is 4.70. The molecule has 0 bridgehead atoms. The maximum absolute atomic E-state index is 4.49. The zero-order chi connectivity index (χ0) is 15.5. The van der Waals surface area contributed by atoms with Gasteiger partial charge in [-0.2, -0.15) is 0 Å². The molecule has 0 saturated carbocycles. The fraction of sp³-hybridized carbons (Fsp3) is 0.471. The number of rotatable bonds is 3. The Hall–Kier alpha value is -2.37. The fourth-order valence-corrected chi connectivity index (χ4v) is 3.38. The van der Waals surface area contributed by atoms with Crippen molar-refractivity contribution in [2.45, 2.75) is 12.8 Å². The van der Waals surface area contributed by atoms with Gasteiger partial charge in [0.1, 0.15) is 18.0 Å². The van der Waals surface area contributed by atoms with Crippen LogP contribution >= 0.6 is 0 Å². The van der Waals surface area contributed by atoms with Gasteiger partial charge in [-0.05, 0) is 25.0 Å². The molecule has 4 heterocycles. The van der Waals surface area contributed by atoms with E-state index >= 15 is 0 Å². The Kier molecular flexibility index (Phi) is 3.96. The zero-order valence-electron chi connectivity index (χ0n) is 13.3. The molecule has 0 aliphatic carbocycles. The van der Waals surface area contributed by atoms with Crippen molar-refractivity contribution < 1.29 is 0 Å². The van der Waals surface area contributed by atoms with E-state index in [0.717, 1.165) is 50.9 Å². The molecule has 0 radical (unpaired) electrons. The molecule has 0 amide bonds. The van der Waals surface area contributed by atoms with Crippen molar-refractivity contribution in [2.24, 2.45) is 0 Å². The van der Waals surface area contributed by atoms with Gasteiger partial charge in [-0.15, -0.1) is 0 Å². The van der Waals surface area contributed by atoms with Crippen LogP contribution in [-0.2, 0) is 0 Å². The highest BCUT2D eigenvalue weighted by atomic mass is 15.3. The van der Waals surface area contributed by atoms with E-state index in [-0.39, 0.29) is 0 Å². The summed E-state index contributed by atoms with van der Waals surface area (Å²) in [5.41, 5.74) is 1.25. The standard InChI is InChI=1S/C17H22N6/c1-2-8-22(7-1)16-13-17(20-14-19-16)23-11-9-21(10-12-23)15-3-5-18-6-4-15/h3-6,13-14H,1-2,7-12H2. The van der Waals surface area contributed by atoms with Crippen LogP contribution in [0.1, 0.15) is 12.8 Å². The first-order valence-corrected chi connectivity index (χ1v) is 8.37. The van der Waals surface area contributed by atoms with Crippen molar-refractivity contribution in [2.75, 3.05) is 54.0 Å². The molecule has 120 valence electrons. The Morgan fingerprint density at radius 2 is 1.26 bits per heavy atom. The van der Waals surface area contributed by atoms with Gasteiger partial charge in [0, 0.05) is 63.4 Å². The van der Waals surface area contributed by atoms with E-state index in [2.05, 4.69) is 47.9 Å². The first-order valence-electron chi connectivity index (χ1n) is 8.37. The summed E-state index contributed by atoms with van der Waals surface area (Å²) in [5, 5.41) is 0. The highest BCUT2D eigenvalue weighted by Crippen LogP contribution is 2.23. The van der Waals surface area contributed by atoms with E-state index in [1.54, 1.807) is 6.33 Å². The number of anilines is 3. The van der Waals surface area contributed by atoms with Crippen LogP contribution in [0.5, 0.6) is 0 Å². The van der Waals surface area contributed by atoms with Crippen molar-refractivity contribution in [3.63, 3.8) is 0 Å². The smallest absolute Gasteiger partial charge is 0.134 e. The summed E-state index contributed by atoms with van der Waals surface area (Å²) in [6.07, 6.45) is 7.95. The van der Waals surface area contributed by atoms with Gasteiger partial charge in [0.25, 0.3) is 0 Å². The summed E-state index contributed by atoms with van der Waals surface area (Å²) in [5.74, 6) is 2.13. The summed E-state index contributed by atoms with van der Waals surface area (Å²) in [7, 11) is 0. The molecule has 6 nitrogen and oxygen atoms in total. The minimum absolute atomic E-state index is 0.985. The maximum Gasteiger partial charge on any atom is 0.134 e. The normalized spacial score (nSPS) is 18.5. The number of hydrogen-bond donors (Lipinski definition) is 0. The number of aromatic nitrogens is 3. The highest BCUT2D eigenvalue weighted by molar-refractivity contribution is 5.53. The maximum atomic E-state index is 4.49. The van der Waals surface area contributed by atoms with Crippen molar-refractivity contribution in [3.05, 3.63) is 36.9 Å². The van der Waals surface area contributed by atoms with Crippen LogP contribution in [0.3, 0.4) is 0 Å². The molecule has 2 aliphatic rings. The van der Waals surface area contributed by atoms with Gasteiger partial charge in [0.2, 0.25) is 0 Å². The summed E-state index contributed by atoms with van der Waals surface area (Å²) < 4.78 is 0. The Labute approximate surface area is 136 Å². The van der Waals surface area contributed by atoms with Crippen molar-refractivity contribution >= 4 is 17.3 Å². The Balaban J connectivity index is 1.43. The SMILES string of the molecule is c1cc(N2CCN(c3cc(N4CCCC4)ncn3)CC2)ccn1. The number of hydrogen-bond acceptors (Lipinski definition) is 6. The van der Waals surface area contributed by atoms with Gasteiger partial charge in [-0.1, -0.05) is 0 Å². The van der Waals surface area contributed by atoms with E-state index in [9.17, 15) is 0 Å². The Bertz CT molecular complexity index is 633. The molecule has 0 unspecified atom stereocenters. The average molecular weight is 310 g/mol. The third-order valence-corrected chi connectivity index (χ3v) is 4.70. The van der Waals surface area contributed by atoms with Crippen LogP contribution in [0, 0.1) is 0 Å². The predicted octanol–water partition coefficient (Wildman–Crippen LogP) is 1.80. The third kappa shape index (κ3) is 3.06. The second-order valence-electron chi connectivity index (χ2n) is 6.11. The molecule has 2 aromatic rings. The molecule has 2 saturated heterocycles. The van der Waals surface area contributed by atoms with Gasteiger partial charge < -0.3 is 14.7 Å². The summed E-state index contributed by atoms with van der Waals surface area (Å²) in [6, 6.07) is 6.30. The van der Waals surface area contributed by atoms with E-state index < -0.39 is 0 Å². The molecular weight excluding hydrogens is 288 g/mol. The molecule has 2 aliphatic heterocycles. The van der Waals surface area contributed by atoms with Crippen LogP contribution in [0.4, 0.5) is 17.3 Å². The van der Waals surface area contributed by atoms with Crippen molar-refractivity contribution in [3.8, 4) is 0 Å². The molecule has 0 aromatic carbocycles. The average Bonchev–Trinajstić information content (AvgIpc) is 3.18. The van der Waals surface area contributed by atoms with Crippen LogP contribution in [0.15, 0.2) is 36.9 Å². The molecule has 4 rings (SSSR count). The molecule has 6 heteroatoms. The lowest BCUT2D eigenvalue weighted by Gasteiger charge is -2.36. The second kappa shape index (κ2) is 6.40. The molecular formula is C17H22N6. The first kappa shape index (κ1) is 14.2. The summed E-state index contributed by atoms with van der Waals surface area (Å²) >= 11 is 0. The van der Waals surface area contributed by atoms with E-state index in [0.29, 0.717) is 0 Å². The van der Waals surface area contributed by atoms with E-state index in [1.165, 1.54) is 18.5 Å². The second-order valence-corrected chi connectivity index (χ2v) is 6.11. The topological polar surface area (TPSA) is 48.4 Å². The van der Waals surface area contributed by atoms with Crippen LogP contribution in [0.2, 0.25) is 0 Å². The van der Waals surface area contributed by atoms with Crippen LogP contribution in [0.25, 0.3) is 0 Å². The summed E-state index contributed by atoms with van der Waals surface area (Å²) in [4.78, 5) is 20.2. The van der Waals surface area contributed by atoms with Gasteiger partial charge in [0.05, 0.1) is 0 Å². The van der Waals surface area contributed by atoms with Crippen LogP contribution in [-0.4, -0.2) is 54.2 Å². The lowest BCUT2D eigenvalue weighted by atomic mass is 10.2. The van der Waals surface area contributed by atoms with Gasteiger partial charge in [-0.25, -0.2) is 9.97 Å². The largest absolute Gasteiger partial charge is 0.368 e. The van der Waals surface area contributed by atoms with Gasteiger partial charge in [0.15, 0.2) is 0 Å². The Morgan fingerprint density at radius 3 is 1.91 bits per heavy atom. The number of piperazine rings is 1. The van der Waals surface area contributed by atoms with Gasteiger partial charge in [-0.3, -0.25) is 4.98 Å². The minimum Gasteiger partial charge on any atom is -0.368 e. The molecule has 0 spiro atoms. The monoisotopic (exact) mass is 310 g/mol. The molecule has 2 fully saturated rings. The predicted molar refractivity (Wildman–Crippen MR) is 92.1 cm³/mol. The highest BCUT2D eigenvalue weighted by Gasteiger charge is 2.20. The van der Waals surface area contributed by atoms with E-state index in [1.807, 2.05) is 12.4 Å². The molecule has 0 atom stereocenters. The lowest BCUT2D eigenvalue weighted by molar-refractivity contribution is 0.646. The minimum atomic E-state index is 0.985. The lowest BCUT2D eigenvalue weighted by Crippen LogP contribution is -2.46. The van der Waals surface area contributed by atoms with Crippen molar-refractivity contribution in [1.29, 1.82) is 0 Å². The fourth-order valence-electron chi connectivity index (χ4n) is 3.38. The van der Waals surface area contributed by atoms with E-state index in [4.69, 9.17) is 0 Å². The number of nitrogens with zero attached hydrogens (tertiary/aromatic N) is 6. The van der Waals surface area contributed by atoms with Crippen LogP contribution < -0.4 is 14.7 Å². The number of pyridine rings is 1. The first-order chi connectivity index (χ1) is 11.4. The summed E-state index contributed by atoms with van der Waals surface area (Å²) in [6.45, 7) is 6.22. The zero-order valence-corrected chi connectivity index (χ0v) is 13.3.